The van der Waals surface area contributed by atoms with Crippen LogP contribution < -0.4 is 10.1 Å². The third kappa shape index (κ3) is 4.48. The van der Waals surface area contributed by atoms with Gasteiger partial charge in [0.25, 0.3) is 5.91 Å². The average molecular weight is 344 g/mol. The molecule has 0 spiro atoms. The number of benzene rings is 1. The van der Waals surface area contributed by atoms with Gasteiger partial charge in [-0.2, -0.15) is 0 Å². The van der Waals surface area contributed by atoms with E-state index in [4.69, 9.17) is 9.47 Å². The highest BCUT2D eigenvalue weighted by atomic mass is 16.5. The molecule has 2 rings (SSSR count). The van der Waals surface area contributed by atoms with Crippen molar-refractivity contribution in [2.45, 2.75) is 46.1 Å². The molecular formula is C20H28N2O3. The lowest BCUT2D eigenvalue weighted by molar-refractivity contribution is -0.137. The van der Waals surface area contributed by atoms with E-state index in [1.807, 2.05) is 31.2 Å². The number of nitrogens with zero attached hydrogens (tertiary/aromatic N) is 1. The maximum Gasteiger partial charge on any atom is 0.256 e. The predicted molar refractivity (Wildman–Crippen MR) is 101 cm³/mol. The topological polar surface area (TPSA) is 60.5 Å². The first-order valence-electron chi connectivity index (χ1n) is 8.78. The number of methoxy groups -OCH3 is 1. The van der Waals surface area contributed by atoms with Gasteiger partial charge in [-0.25, -0.2) is 0 Å². The minimum atomic E-state index is -0.875. The number of carbonyl (C=O) groups excluding carboxylic acids is 1. The maximum atomic E-state index is 12.8. The number of hydrogen-bond acceptors (Lipinski definition) is 4. The Morgan fingerprint density at radius 2 is 2.08 bits per heavy atom. The van der Waals surface area contributed by atoms with Crippen molar-refractivity contribution in [3.8, 4) is 5.75 Å². The summed E-state index contributed by atoms with van der Waals surface area (Å²) in [5.41, 5.74) is 0.584. The second-order valence-electron chi connectivity index (χ2n) is 6.85. The van der Waals surface area contributed by atoms with Crippen LogP contribution in [0.2, 0.25) is 0 Å². The molecule has 0 unspecified atom stereocenters. The number of rotatable bonds is 8. The minimum Gasteiger partial charge on any atom is -0.491 e. The first-order chi connectivity index (χ1) is 11.9. The summed E-state index contributed by atoms with van der Waals surface area (Å²) in [7, 11) is 1.57. The van der Waals surface area contributed by atoms with E-state index in [-0.39, 0.29) is 5.91 Å². The Hall–Kier alpha value is -2.14. The summed E-state index contributed by atoms with van der Waals surface area (Å²) in [6.45, 7) is 8.66. The van der Waals surface area contributed by atoms with E-state index in [9.17, 15) is 4.79 Å². The zero-order chi connectivity index (χ0) is 18.4. The van der Waals surface area contributed by atoms with Gasteiger partial charge >= 0.3 is 0 Å². The molecule has 0 bridgehead atoms. The Morgan fingerprint density at radius 3 is 2.72 bits per heavy atom. The number of hydrogen-bond donors (Lipinski definition) is 1. The van der Waals surface area contributed by atoms with Gasteiger partial charge in [-0.1, -0.05) is 20.8 Å². The molecule has 2 aromatic rings. The number of aromatic nitrogens is 1. The zero-order valence-electron chi connectivity index (χ0n) is 15.8. The van der Waals surface area contributed by atoms with Gasteiger partial charge < -0.3 is 14.8 Å². The highest BCUT2D eigenvalue weighted by molar-refractivity contribution is 6.05. The fourth-order valence-corrected chi connectivity index (χ4v) is 2.89. The molecule has 1 amide bonds. The van der Waals surface area contributed by atoms with Gasteiger partial charge in [0.05, 0.1) is 12.3 Å². The Labute approximate surface area is 149 Å². The fourth-order valence-electron chi connectivity index (χ4n) is 2.89. The third-order valence-electron chi connectivity index (χ3n) is 4.17. The van der Waals surface area contributed by atoms with Crippen LogP contribution in [0.3, 0.4) is 0 Å². The molecular weight excluding hydrogens is 316 g/mol. The van der Waals surface area contributed by atoms with Gasteiger partial charge in [0.1, 0.15) is 16.9 Å². The lowest BCUT2D eigenvalue weighted by Crippen LogP contribution is -2.43. The van der Waals surface area contributed by atoms with Crippen molar-refractivity contribution < 1.29 is 14.3 Å². The smallest absolute Gasteiger partial charge is 0.256 e. The largest absolute Gasteiger partial charge is 0.491 e. The second-order valence-corrected chi connectivity index (χ2v) is 6.85. The molecule has 0 aliphatic rings. The number of fused-ring (bicyclic) bond motifs is 1. The average Bonchev–Trinajstić information content (AvgIpc) is 2.60. The molecule has 25 heavy (non-hydrogen) atoms. The summed E-state index contributed by atoms with van der Waals surface area (Å²) in [6.07, 6.45) is 3.29. The Kier molecular flexibility index (Phi) is 6.37. The van der Waals surface area contributed by atoms with E-state index in [1.165, 1.54) is 0 Å². The van der Waals surface area contributed by atoms with Crippen molar-refractivity contribution in [1.29, 1.82) is 0 Å². The first-order valence-corrected chi connectivity index (χ1v) is 8.78. The molecule has 1 heterocycles. The molecule has 1 aromatic carbocycles. The van der Waals surface area contributed by atoms with E-state index >= 15 is 0 Å². The normalized spacial score (nSPS) is 13.7. The molecule has 0 radical (unpaired) electrons. The molecule has 0 saturated heterocycles. The molecule has 1 aromatic heterocycles. The van der Waals surface area contributed by atoms with Gasteiger partial charge in [0.15, 0.2) is 0 Å². The van der Waals surface area contributed by atoms with E-state index in [1.54, 1.807) is 13.3 Å². The quantitative estimate of drug-likeness (QED) is 0.770. The highest BCUT2D eigenvalue weighted by Gasteiger charge is 2.34. The Morgan fingerprint density at radius 1 is 1.32 bits per heavy atom. The maximum absolute atomic E-state index is 12.8. The molecule has 0 saturated carbocycles. The zero-order valence-corrected chi connectivity index (χ0v) is 15.8. The van der Waals surface area contributed by atoms with E-state index in [2.05, 4.69) is 31.1 Å². The minimum absolute atomic E-state index is 0.156. The summed E-state index contributed by atoms with van der Waals surface area (Å²) < 4.78 is 11.3. The summed E-state index contributed by atoms with van der Waals surface area (Å²) in [6, 6.07) is 7.50. The number of ether oxygens (including phenoxy) is 2. The molecule has 5 nitrogen and oxygen atoms in total. The van der Waals surface area contributed by atoms with Crippen LogP contribution in [0.4, 0.5) is 5.69 Å². The molecule has 0 aliphatic carbocycles. The number of pyridine rings is 1. The van der Waals surface area contributed by atoms with Gasteiger partial charge in [-0.05, 0) is 49.9 Å². The van der Waals surface area contributed by atoms with Gasteiger partial charge in [-0.15, -0.1) is 0 Å². The van der Waals surface area contributed by atoms with Crippen molar-refractivity contribution in [3.63, 3.8) is 0 Å². The van der Waals surface area contributed by atoms with Crippen molar-refractivity contribution >= 4 is 22.5 Å². The number of amides is 1. The molecule has 136 valence electrons. The number of nitrogens with one attached hydrogen (secondary N) is 1. The molecule has 1 atom stereocenters. The van der Waals surface area contributed by atoms with E-state index in [0.29, 0.717) is 24.6 Å². The predicted octanol–water partition coefficient (Wildman–Crippen LogP) is 4.41. The highest BCUT2D eigenvalue weighted by Crippen LogP contribution is 2.31. The molecule has 5 heteroatoms. The van der Waals surface area contributed by atoms with Crippen LogP contribution >= 0.6 is 0 Å². The molecule has 0 aliphatic heterocycles. The van der Waals surface area contributed by atoms with Crippen molar-refractivity contribution in [3.05, 3.63) is 30.5 Å². The summed E-state index contributed by atoms with van der Waals surface area (Å²) >= 11 is 0. The lowest BCUT2D eigenvalue weighted by atomic mass is 9.93. The van der Waals surface area contributed by atoms with Crippen molar-refractivity contribution in [2.75, 3.05) is 19.0 Å². The third-order valence-corrected chi connectivity index (χ3v) is 4.17. The number of anilines is 1. The van der Waals surface area contributed by atoms with Crippen LogP contribution in [0, 0.1) is 5.92 Å². The monoisotopic (exact) mass is 344 g/mol. The SMILES string of the molecule is CCCOc1ccc(NC(=O)[C@](C)(CC(C)C)OC)c2cccnc12. The molecule has 0 fully saturated rings. The Balaban J connectivity index is 2.34. The van der Waals surface area contributed by atoms with Crippen LogP contribution in [0.5, 0.6) is 5.75 Å². The second kappa shape index (κ2) is 8.30. The van der Waals surface area contributed by atoms with Crippen LogP contribution in [0.15, 0.2) is 30.5 Å². The summed E-state index contributed by atoms with van der Waals surface area (Å²) in [5.74, 6) is 0.919. The van der Waals surface area contributed by atoms with Crippen LogP contribution in [-0.2, 0) is 9.53 Å². The van der Waals surface area contributed by atoms with Crippen LogP contribution in [0.25, 0.3) is 10.9 Å². The van der Waals surface area contributed by atoms with Crippen LogP contribution in [-0.4, -0.2) is 30.2 Å². The van der Waals surface area contributed by atoms with Gasteiger partial charge in [0.2, 0.25) is 0 Å². The fraction of sp³-hybridized carbons (Fsp3) is 0.500. The Bertz CT molecular complexity index is 730. The van der Waals surface area contributed by atoms with Crippen LogP contribution in [0.1, 0.15) is 40.5 Å². The first kappa shape index (κ1) is 19.2. The molecule has 1 N–H and O–H groups in total. The van der Waals surface area contributed by atoms with Crippen molar-refractivity contribution in [2.24, 2.45) is 5.92 Å². The van der Waals surface area contributed by atoms with E-state index in [0.717, 1.165) is 23.1 Å². The van der Waals surface area contributed by atoms with Gasteiger partial charge in [-0.3, -0.25) is 9.78 Å². The standard InChI is InChI=1S/C20H28N2O3/c1-6-12-25-17-10-9-16(15-8-7-11-21-18(15)17)22-19(23)20(4,24-5)13-14(2)3/h7-11,14H,6,12-13H2,1-5H3,(H,22,23)/t20-/m0/s1. The number of carbonyl (C=O) groups is 1. The summed E-state index contributed by atoms with van der Waals surface area (Å²) in [5, 5.41) is 3.86. The van der Waals surface area contributed by atoms with Gasteiger partial charge in [0, 0.05) is 18.7 Å². The summed E-state index contributed by atoms with van der Waals surface area (Å²) in [4.78, 5) is 17.2. The lowest BCUT2D eigenvalue weighted by Gasteiger charge is -2.28. The van der Waals surface area contributed by atoms with Crippen molar-refractivity contribution in [1.82, 2.24) is 4.98 Å². The van der Waals surface area contributed by atoms with E-state index < -0.39 is 5.60 Å².